The van der Waals surface area contributed by atoms with E-state index in [-0.39, 0.29) is 11.6 Å². The molecule has 0 saturated heterocycles. The molecule has 0 radical (unpaired) electrons. The third-order valence-electron chi connectivity index (χ3n) is 5.10. The number of nitrogens with one attached hydrogen (secondary N) is 2. The summed E-state index contributed by atoms with van der Waals surface area (Å²) in [5.74, 6) is -2.75. The second kappa shape index (κ2) is 9.84. The van der Waals surface area contributed by atoms with E-state index in [1.807, 2.05) is 54.6 Å². The minimum atomic E-state index is -4.13. The van der Waals surface area contributed by atoms with Gasteiger partial charge in [0.2, 0.25) is 0 Å². The van der Waals surface area contributed by atoms with Crippen molar-refractivity contribution in [2.24, 2.45) is 0 Å². The van der Waals surface area contributed by atoms with Crippen LogP contribution in [0.5, 0.6) is 0 Å². The number of carbonyl (C=O) groups excluding carboxylic acids is 1. The molecule has 0 fully saturated rings. The molecule has 2 N–H and O–H groups in total. The monoisotopic (exact) mass is 478 g/mol. The molecule has 0 unspecified atom stereocenters. The van der Waals surface area contributed by atoms with Gasteiger partial charge < -0.3 is 5.32 Å². The zero-order valence-electron chi connectivity index (χ0n) is 17.8. The van der Waals surface area contributed by atoms with Gasteiger partial charge in [-0.3, -0.25) is 9.52 Å². The lowest BCUT2D eigenvalue weighted by Crippen LogP contribution is -2.15. The summed E-state index contributed by atoms with van der Waals surface area (Å²) in [5.41, 5.74) is 3.25. The van der Waals surface area contributed by atoms with E-state index in [0.29, 0.717) is 23.7 Å². The normalized spacial score (nSPS) is 11.1. The van der Waals surface area contributed by atoms with Crippen LogP contribution in [0, 0.1) is 11.6 Å². The number of halogens is 2. The van der Waals surface area contributed by atoms with Crippen LogP contribution in [0.25, 0.3) is 0 Å². The highest BCUT2D eigenvalue weighted by Crippen LogP contribution is 2.22. The van der Waals surface area contributed by atoms with Gasteiger partial charge in [0.25, 0.3) is 15.9 Å². The summed E-state index contributed by atoms with van der Waals surface area (Å²) in [6, 6.07) is 25.5. The highest BCUT2D eigenvalue weighted by Gasteiger charge is 2.17. The average Bonchev–Trinajstić information content (AvgIpc) is 2.83. The molecule has 0 aliphatic carbocycles. The number of benzene rings is 4. The summed E-state index contributed by atoms with van der Waals surface area (Å²) in [7, 11) is -4.13. The van der Waals surface area contributed by atoms with E-state index >= 15 is 0 Å². The number of amides is 1. The Morgan fingerprint density at radius 1 is 0.765 bits per heavy atom. The van der Waals surface area contributed by atoms with Crippen LogP contribution in [0.2, 0.25) is 0 Å². The van der Waals surface area contributed by atoms with E-state index in [1.54, 1.807) is 0 Å². The Morgan fingerprint density at radius 2 is 1.44 bits per heavy atom. The molecule has 5 nitrogen and oxygen atoms in total. The van der Waals surface area contributed by atoms with Crippen LogP contribution in [0.3, 0.4) is 0 Å². The maximum absolute atomic E-state index is 13.4. The Labute approximate surface area is 196 Å². The molecule has 4 aromatic rings. The van der Waals surface area contributed by atoms with Crippen LogP contribution in [0.15, 0.2) is 102 Å². The van der Waals surface area contributed by atoms with Gasteiger partial charge in [0.1, 0.15) is 0 Å². The minimum absolute atomic E-state index is 0.172. The van der Waals surface area contributed by atoms with Crippen molar-refractivity contribution >= 4 is 27.3 Å². The zero-order chi connectivity index (χ0) is 24.1. The first-order valence-corrected chi connectivity index (χ1v) is 11.8. The SMILES string of the molecule is O=C(Nc1ccccc1Cc1ccccc1)c1ccc(NS(=O)(=O)c2ccc(F)c(F)c2)cc1. The van der Waals surface area contributed by atoms with Crippen LogP contribution < -0.4 is 10.0 Å². The van der Waals surface area contributed by atoms with Crippen molar-refractivity contribution in [1.29, 1.82) is 0 Å². The second-order valence-corrected chi connectivity index (χ2v) is 9.21. The number of hydrogen-bond donors (Lipinski definition) is 2. The van der Waals surface area contributed by atoms with Crippen molar-refractivity contribution < 1.29 is 22.0 Å². The lowest BCUT2D eigenvalue weighted by Gasteiger charge is -2.12. The third kappa shape index (κ3) is 5.47. The molecule has 0 bridgehead atoms. The van der Waals surface area contributed by atoms with E-state index in [4.69, 9.17) is 0 Å². The van der Waals surface area contributed by atoms with Gasteiger partial charge >= 0.3 is 0 Å². The summed E-state index contributed by atoms with van der Waals surface area (Å²) in [6.07, 6.45) is 0.655. The maximum Gasteiger partial charge on any atom is 0.261 e. The van der Waals surface area contributed by atoms with Gasteiger partial charge in [-0.2, -0.15) is 0 Å². The summed E-state index contributed by atoms with van der Waals surface area (Å²) in [6.45, 7) is 0. The first-order chi connectivity index (χ1) is 16.3. The molecular weight excluding hydrogens is 458 g/mol. The summed E-state index contributed by atoms with van der Waals surface area (Å²) < 4.78 is 53.7. The smallest absolute Gasteiger partial charge is 0.261 e. The largest absolute Gasteiger partial charge is 0.322 e. The van der Waals surface area contributed by atoms with Gasteiger partial charge in [-0.05, 0) is 66.1 Å². The Hall–Kier alpha value is -4.04. The highest BCUT2D eigenvalue weighted by molar-refractivity contribution is 7.92. The summed E-state index contributed by atoms with van der Waals surface area (Å²) in [4.78, 5) is 12.4. The quantitative estimate of drug-likeness (QED) is 0.363. The number of hydrogen-bond acceptors (Lipinski definition) is 3. The lowest BCUT2D eigenvalue weighted by molar-refractivity contribution is 0.102. The number of rotatable bonds is 7. The van der Waals surface area contributed by atoms with Crippen molar-refractivity contribution in [1.82, 2.24) is 0 Å². The summed E-state index contributed by atoms with van der Waals surface area (Å²) >= 11 is 0. The first kappa shape index (κ1) is 23.1. The van der Waals surface area contributed by atoms with E-state index in [0.717, 1.165) is 23.3 Å². The molecule has 4 aromatic carbocycles. The van der Waals surface area contributed by atoms with E-state index in [1.165, 1.54) is 24.3 Å². The molecule has 0 saturated carbocycles. The van der Waals surface area contributed by atoms with Crippen molar-refractivity contribution in [3.05, 3.63) is 125 Å². The van der Waals surface area contributed by atoms with E-state index < -0.39 is 26.6 Å². The molecule has 0 aliphatic rings. The minimum Gasteiger partial charge on any atom is -0.322 e. The van der Waals surface area contributed by atoms with Gasteiger partial charge in [0.05, 0.1) is 4.90 Å². The van der Waals surface area contributed by atoms with Crippen LogP contribution >= 0.6 is 0 Å². The van der Waals surface area contributed by atoms with Crippen LogP contribution in [-0.4, -0.2) is 14.3 Å². The number of para-hydroxylation sites is 1. The van der Waals surface area contributed by atoms with Crippen molar-refractivity contribution in [3.63, 3.8) is 0 Å². The molecule has 8 heteroatoms. The van der Waals surface area contributed by atoms with Crippen molar-refractivity contribution in [2.75, 3.05) is 10.0 Å². The van der Waals surface area contributed by atoms with Crippen LogP contribution in [0.4, 0.5) is 20.2 Å². The Morgan fingerprint density at radius 3 is 2.15 bits per heavy atom. The zero-order valence-corrected chi connectivity index (χ0v) is 18.7. The fraction of sp³-hybridized carbons (Fsp3) is 0.0385. The predicted octanol–water partition coefficient (Wildman–Crippen LogP) is 5.61. The molecular formula is C26H20F2N2O3S. The Bertz CT molecular complexity index is 1420. The molecule has 34 heavy (non-hydrogen) atoms. The van der Waals surface area contributed by atoms with Gasteiger partial charge in [-0.15, -0.1) is 0 Å². The average molecular weight is 479 g/mol. The topological polar surface area (TPSA) is 75.3 Å². The van der Waals surface area contributed by atoms with Gasteiger partial charge in [0.15, 0.2) is 11.6 Å². The van der Waals surface area contributed by atoms with Crippen molar-refractivity contribution in [3.8, 4) is 0 Å². The molecule has 4 rings (SSSR count). The first-order valence-electron chi connectivity index (χ1n) is 10.3. The van der Waals surface area contributed by atoms with Crippen LogP contribution in [-0.2, 0) is 16.4 Å². The third-order valence-corrected chi connectivity index (χ3v) is 6.48. The molecule has 0 aliphatic heterocycles. The van der Waals surface area contributed by atoms with E-state index in [9.17, 15) is 22.0 Å². The maximum atomic E-state index is 13.4. The number of sulfonamides is 1. The number of anilines is 2. The van der Waals surface area contributed by atoms with Gasteiger partial charge in [-0.25, -0.2) is 17.2 Å². The molecule has 172 valence electrons. The fourth-order valence-corrected chi connectivity index (χ4v) is 4.42. The van der Waals surface area contributed by atoms with Crippen molar-refractivity contribution in [2.45, 2.75) is 11.3 Å². The molecule has 1 amide bonds. The Kier molecular flexibility index (Phi) is 6.70. The van der Waals surface area contributed by atoms with Crippen LogP contribution in [0.1, 0.15) is 21.5 Å². The molecule has 0 heterocycles. The molecule has 0 atom stereocenters. The fourth-order valence-electron chi connectivity index (χ4n) is 3.35. The van der Waals surface area contributed by atoms with Gasteiger partial charge in [-0.1, -0.05) is 48.5 Å². The van der Waals surface area contributed by atoms with E-state index in [2.05, 4.69) is 10.0 Å². The second-order valence-electron chi connectivity index (χ2n) is 7.53. The Balaban J connectivity index is 1.46. The predicted molar refractivity (Wildman–Crippen MR) is 127 cm³/mol. The highest BCUT2D eigenvalue weighted by atomic mass is 32.2. The number of carbonyl (C=O) groups is 1. The lowest BCUT2D eigenvalue weighted by atomic mass is 10.0. The molecule has 0 spiro atoms. The van der Waals surface area contributed by atoms with Gasteiger partial charge in [0, 0.05) is 16.9 Å². The summed E-state index contributed by atoms with van der Waals surface area (Å²) in [5, 5.41) is 2.90. The standard InChI is InChI=1S/C26H20F2N2O3S/c27-23-15-14-22(17-24(23)28)34(32,33)30-21-12-10-19(11-13-21)26(31)29-25-9-5-4-8-20(25)16-18-6-2-1-3-7-18/h1-15,17,30H,16H2,(H,29,31). The molecule has 0 aromatic heterocycles.